The molecule has 0 bridgehead atoms. The smallest absolute Gasteiger partial charge is 0.262 e. The van der Waals surface area contributed by atoms with Gasteiger partial charge in [-0.3, -0.25) is 15.6 Å². The van der Waals surface area contributed by atoms with Crippen LogP contribution in [0.4, 0.5) is 5.69 Å². The Morgan fingerprint density at radius 3 is 2.57 bits per heavy atom. The second-order valence-corrected chi connectivity index (χ2v) is 6.00. The fourth-order valence-corrected chi connectivity index (χ4v) is 2.44. The molecule has 1 aromatic heterocycles. The molecular formula is C18H19N7O2S. The van der Waals surface area contributed by atoms with Gasteiger partial charge >= 0.3 is 0 Å². The van der Waals surface area contributed by atoms with Crippen molar-refractivity contribution in [3.05, 3.63) is 54.6 Å². The van der Waals surface area contributed by atoms with Gasteiger partial charge in [0.05, 0.1) is 6.61 Å². The SMILES string of the molecule is CCOc1ccc(NC(=S)NNC(=O)Cn2nnc(-c3ccccc3)n2)cc1. The van der Waals surface area contributed by atoms with E-state index >= 15 is 0 Å². The number of carbonyl (C=O) groups excluding carboxylic acids is 1. The van der Waals surface area contributed by atoms with Crippen LogP contribution in [0.3, 0.4) is 0 Å². The van der Waals surface area contributed by atoms with Gasteiger partial charge in [0.2, 0.25) is 5.82 Å². The molecule has 28 heavy (non-hydrogen) atoms. The molecule has 9 nitrogen and oxygen atoms in total. The highest BCUT2D eigenvalue weighted by Gasteiger charge is 2.09. The molecule has 0 aliphatic rings. The summed E-state index contributed by atoms with van der Waals surface area (Å²) in [6, 6.07) is 16.7. The minimum Gasteiger partial charge on any atom is -0.494 e. The molecule has 1 heterocycles. The number of nitrogens with one attached hydrogen (secondary N) is 3. The number of amides is 1. The summed E-state index contributed by atoms with van der Waals surface area (Å²) >= 11 is 5.15. The Hall–Kier alpha value is -3.53. The van der Waals surface area contributed by atoms with Gasteiger partial charge in [0.15, 0.2) is 5.11 Å². The first-order chi connectivity index (χ1) is 13.6. The Kier molecular flexibility index (Phi) is 6.47. The molecule has 0 aliphatic carbocycles. The Balaban J connectivity index is 1.45. The first-order valence-electron chi connectivity index (χ1n) is 8.56. The van der Waals surface area contributed by atoms with E-state index in [0.717, 1.165) is 17.0 Å². The number of tetrazole rings is 1. The van der Waals surface area contributed by atoms with Crippen LogP contribution in [0.2, 0.25) is 0 Å². The van der Waals surface area contributed by atoms with Crippen molar-refractivity contribution in [3.8, 4) is 17.1 Å². The van der Waals surface area contributed by atoms with E-state index in [4.69, 9.17) is 17.0 Å². The van der Waals surface area contributed by atoms with Crippen molar-refractivity contribution in [3.63, 3.8) is 0 Å². The third-order valence-electron chi connectivity index (χ3n) is 3.51. The summed E-state index contributed by atoms with van der Waals surface area (Å²) in [4.78, 5) is 13.2. The lowest BCUT2D eigenvalue weighted by atomic mass is 10.2. The van der Waals surface area contributed by atoms with Crippen LogP contribution >= 0.6 is 12.2 Å². The summed E-state index contributed by atoms with van der Waals surface area (Å²) in [5.41, 5.74) is 6.71. The molecule has 0 saturated heterocycles. The lowest BCUT2D eigenvalue weighted by molar-refractivity contribution is -0.122. The molecule has 3 rings (SSSR count). The zero-order valence-corrected chi connectivity index (χ0v) is 15.9. The monoisotopic (exact) mass is 397 g/mol. The van der Waals surface area contributed by atoms with Gasteiger partial charge in [-0.1, -0.05) is 30.3 Å². The van der Waals surface area contributed by atoms with Crippen LogP contribution in [0, 0.1) is 0 Å². The highest BCUT2D eigenvalue weighted by molar-refractivity contribution is 7.80. The molecule has 0 fully saturated rings. The van der Waals surface area contributed by atoms with Crippen LogP contribution in [0.25, 0.3) is 11.4 Å². The second kappa shape index (κ2) is 9.42. The van der Waals surface area contributed by atoms with Crippen molar-refractivity contribution in [2.24, 2.45) is 0 Å². The molecule has 3 aromatic rings. The lowest BCUT2D eigenvalue weighted by Crippen LogP contribution is -2.45. The highest BCUT2D eigenvalue weighted by Crippen LogP contribution is 2.15. The maximum Gasteiger partial charge on any atom is 0.262 e. The van der Waals surface area contributed by atoms with E-state index in [1.807, 2.05) is 61.5 Å². The Morgan fingerprint density at radius 1 is 1.11 bits per heavy atom. The summed E-state index contributed by atoms with van der Waals surface area (Å²) < 4.78 is 5.38. The predicted molar refractivity (Wildman–Crippen MR) is 108 cm³/mol. The molecule has 0 radical (unpaired) electrons. The lowest BCUT2D eigenvalue weighted by Gasteiger charge is -2.11. The predicted octanol–water partition coefficient (Wildman–Crippen LogP) is 1.76. The van der Waals surface area contributed by atoms with Gasteiger partial charge < -0.3 is 10.1 Å². The van der Waals surface area contributed by atoms with Crippen molar-refractivity contribution in [1.29, 1.82) is 0 Å². The molecule has 0 atom stereocenters. The number of nitrogens with zero attached hydrogens (tertiary/aromatic N) is 4. The van der Waals surface area contributed by atoms with Crippen LogP contribution in [0.5, 0.6) is 5.75 Å². The first kappa shape index (κ1) is 19.2. The number of aromatic nitrogens is 4. The number of hydrogen-bond acceptors (Lipinski definition) is 6. The van der Waals surface area contributed by atoms with Gasteiger partial charge in [-0.2, -0.15) is 4.80 Å². The average Bonchev–Trinajstić information content (AvgIpc) is 3.17. The molecule has 10 heteroatoms. The van der Waals surface area contributed by atoms with E-state index in [9.17, 15) is 4.79 Å². The summed E-state index contributed by atoms with van der Waals surface area (Å²) in [5.74, 6) is 0.859. The summed E-state index contributed by atoms with van der Waals surface area (Å²) in [6.07, 6.45) is 0. The third kappa shape index (κ3) is 5.48. The van der Waals surface area contributed by atoms with Crippen molar-refractivity contribution in [2.75, 3.05) is 11.9 Å². The number of carbonyl (C=O) groups is 1. The van der Waals surface area contributed by atoms with Gasteiger partial charge in [0, 0.05) is 11.3 Å². The molecule has 0 aliphatic heterocycles. The quantitative estimate of drug-likeness (QED) is 0.427. The van der Waals surface area contributed by atoms with E-state index in [1.165, 1.54) is 4.80 Å². The third-order valence-corrected chi connectivity index (χ3v) is 3.71. The molecule has 1 amide bonds. The minimum atomic E-state index is -0.368. The van der Waals surface area contributed by atoms with Gasteiger partial charge in [0.1, 0.15) is 12.3 Å². The number of hydrazine groups is 1. The number of ether oxygens (including phenoxy) is 1. The minimum absolute atomic E-state index is 0.0987. The fraction of sp³-hybridized carbons (Fsp3) is 0.167. The Labute approximate surface area is 167 Å². The highest BCUT2D eigenvalue weighted by atomic mass is 32.1. The summed E-state index contributed by atoms with van der Waals surface area (Å²) in [6.45, 7) is 2.43. The molecule has 0 spiro atoms. The van der Waals surface area contributed by atoms with E-state index in [-0.39, 0.29) is 17.6 Å². The number of rotatable bonds is 6. The van der Waals surface area contributed by atoms with E-state index in [2.05, 4.69) is 31.6 Å². The van der Waals surface area contributed by atoms with Gasteiger partial charge in [0.25, 0.3) is 5.91 Å². The van der Waals surface area contributed by atoms with Crippen LogP contribution in [0.15, 0.2) is 54.6 Å². The van der Waals surface area contributed by atoms with Crippen molar-refractivity contribution < 1.29 is 9.53 Å². The average molecular weight is 397 g/mol. The zero-order chi connectivity index (χ0) is 19.8. The van der Waals surface area contributed by atoms with Crippen molar-refractivity contribution in [2.45, 2.75) is 13.5 Å². The van der Waals surface area contributed by atoms with Gasteiger partial charge in [-0.15, -0.1) is 10.2 Å². The van der Waals surface area contributed by atoms with E-state index in [1.54, 1.807) is 0 Å². The largest absolute Gasteiger partial charge is 0.494 e. The molecule has 0 unspecified atom stereocenters. The first-order valence-corrected chi connectivity index (χ1v) is 8.97. The number of benzene rings is 2. The van der Waals surface area contributed by atoms with Crippen molar-refractivity contribution >= 4 is 28.9 Å². The maximum atomic E-state index is 12.0. The molecule has 3 N–H and O–H groups in total. The number of thiocarbonyl (C=S) groups is 1. The van der Waals surface area contributed by atoms with Crippen LogP contribution < -0.4 is 20.9 Å². The van der Waals surface area contributed by atoms with E-state index in [0.29, 0.717) is 12.4 Å². The van der Waals surface area contributed by atoms with Gasteiger partial charge in [-0.25, -0.2) is 0 Å². The summed E-state index contributed by atoms with van der Waals surface area (Å²) in [7, 11) is 0. The number of anilines is 1. The van der Waals surface area contributed by atoms with Crippen LogP contribution in [-0.2, 0) is 11.3 Å². The fourth-order valence-electron chi connectivity index (χ4n) is 2.27. The van der Waals surface area contributed by atoms with E-state index < -0.39 is 0 Å². The maximum absolute atomic E-state index is 12.0. The summed E-state index contributed by atoms with van der Waals surface area (Å²) in [5, 5.41) is 15.2. The number of hydrogen-bond donors (Lipinski definition) is 3. The topological polar surface area (TPSA) is 106 Å². The normalized spacial score (nSPS) is 10.2. The Morgan fingerprint density at radius 2 is 1.86 bits per heavy atom. The molecule has 2 aromatic carbocycles. The molecule has 0 saturated carbocycles. The Bertz CT molecular complexity index is 929. The zero-order valence-electron chi connectivity index (χ0n) is 15.1. The second-order valence-electron chi connectivity index (χ2n) is 5.59. The molecule has 144 valence electrons. The molecular weight excluding hydrogens is 378 g/mol. The van der Waals surface area contributed by atoms with Crippen molar-refractivity contribution in [1.82, 2.24) is 31.1 Å². The van der Waals surface area contributed by atoms with Gasteiger partial charge in [-0.05, 0) is 48.6 Å². The standard InChI is InChI=1S/C18H19N7O2S/c1-2-27-15-10-8-14(9-11-15)19-18(28)22-20-16(26)12-25-23-17(21-24-25)13-6-4-3-5-7-13/h3-11H,2,12H2,1H3,(H,20,26)(H2,19,22,28). The van der Waals surface area contributed by atoms with Crippen LogP contribution in [0.1, 0.15) is 6.92 Å². The van der Waals surface area contributed by atoms with Crippen LogP contribution in [-0.4, -0.2) is 37.8 Å².